The van der Waals surface area contributed by atoms with Gasteiger partial charge < -0.3 is 5.32 Å². The third kappa shape index (κ3) is 3.33. The molecule has 0 aromatic heterocycles. The van der Waals surface area contributed by atoms with Crippen molar-refractivity contribution < 1.29 is 4.39 Å². The highest BCUT2D eigenvalue weighted by Crippen LogP contribution is 2.22. The Bertz CT molecular complexity index is 370. The number of rotatable bonds is 4. The Labute approximate surface area is 98.2 Å². The zero-order chi connectivity index (χ0) is 11.3. The zero-order valence-electron chi connectivity index (χ0n) is 8.56. The highest BCUT2D eigenvalue weighted by atomic mass is 79.9. The fraction of sp³-hybridized carbons (Fsp3) is 0.333. The summed E-state index contributed by atoms with van der Waals surface area (Å²) in [6.07, 6.45) is 5.89. The number of nitrogens with one attached hydrogen (secondary N) is 1. The van der Waals surface area contributed by atoms with Crippen LogP contribution in [0.2, 0.25) is 0 Å². The molecule has 0 aliphatic rings. The van der Waals surface area contributed by atoms with Gasteiger partial charge >= 0.3 is 0 Å². The predicted octanol–water partition coefficient (Wildman–Crippen LogP) is 3.26. The van der Waals surface area contributed by atoms with E-state index in [9.17, 15) is 4.39 Å². The molecule has 1 nitrogen and oxygen atoms in total. The van der Waals surface area contributed by atoms with Crippen LogP contribution in [0.3, 0.4) is 0 Å². The lowest BCUT2D eigenvalue weighted by molar-refractivity contribution is 0.561. The normalized spacial score (nSPS) is 12.1. The van der Waals surface area contributed by atoms with Crippen molar-refractivity contribution in [2.45, 2.75) is 19.4 Å². The van der Waals surface area contributed by atoms with Crippen LogP contribution in [-0.4, -0.2) is 6.54 Å². The van der Waals surface area contributed by atoms with Gasteiger partial charge in [-0.25, -0.2) is 4.39 Å². The molecule has 1 atom stereocenters. The second-order valence-corrected chi connectivity index (χ2v) is 4.05. The molecule has 0 saturated heterocycles. The van der Waals surface area contributed by atoms with Crippen molar-refractivity contribution >= 4 is 15.9 Å². The third-order valence-electron chi connectivity index (χ3n) is 2.12. The highest BCUT2D eigenvalue weighted by molar-refractivity contribution is 9.10. The average molecular weight is 270 g/mol. The fourth-order valence-corrected chi connectivity index (χ4v) is 1.80. The lowest BCUT2D eigenvalue weighted by atomic mass is 10.0. The van der Waals surface area contributed by atoms with E-state index in [4.69, 9.17) is 6.42 Å². The fourth-order valence-electron chi connectivity index (χ4n) is 1.40. The van der Waals surface area contributed by atoms with E-state index in [0.29, 0.717) is 10.9 Å². The molecule has 15 heavy (non-hydrogen) atoms. The van der Waals surface area contributed by atoms with Gasteiger partial charge in [0, 0.05) is 12.5 Å². The summed E-state index contributed by atoms with van der Waals surface area (Å²) in [5, 5.41) is 3.26. The molecule has 1 aromatic rings. The second-order valence-electron chi connectivity index (χ2n) is 3.19. The van der Waals surface area contributed by atoms with Crippen molar-refractivity contribution in [3.8, 4) is 12.3 Å². The third-order valence-corrected chi connectivity index (χ3v) is 2.73. The van der Waals surface area contributed by atoms with Crippen molar-refractivity contribution in [3.63, 3.8) is 0 Å². The minimum atomic E-state index is -0.255. The van der Waals surface area contributed by atoms with Gasteiger partial charge in [0.25, 0.3) is 0 Å². The molecule has 0 fully saturated rings. The van der Waals surface area contributed by atoms with Gasteiger partial charge in [-0.3, -0.25) is 0 Å². The summed E-state index contributed by atoms with van der Waals surface area (Å²) in [5.41, 5.74) is 1.00. The number of halogens is 2. The Morgan fingerprint density at radius 3 is 2.87 bits per heavy atom. The Morgan fingerprint density at radius 2 is 2.33 bits per heavy atom. The van der Waals surface area contributed by atoms with Crippen molar-refractivity contribution in [3.05, 3.63) is 34.1 Å². The number of terminal acetylenes is 1. The molecule has 0 saturated carbocycles. The average Bonchev–Trinajstić information content (AvgIpc) is 2.22. The number of hydrogen-bond acceptors (Lipinski definition) is 1. The van der Waals surface area contributed by atoms with Gasteiger partial charge in [-0.05, 0) is 40.2 Å². The standard InChI is InChI=1S/C12H13BrFN/c1-3-5-12(15-4-2)9-6-7-11(14)10(13)8-9/h1,6-8,12,15H,4-5H2,2H3. The van der Waals surface area contributed by atoms with Crippen LogP contribution in [-0.2, 0) is 0 Å². The van der Waals surface area contributed by atoms with Crippen LogP contribution in [0.1, 0.15) is 24.9 Å². The molecule has 0 spiro atoms. The smallest absolute Gasteiger partial charge is 0.137 e. The molecular formula is C12H13BrFN. The molecule has 0 bridgehead atoms. The van der Waals surface area contributed by atoms with E-state index in [1.165, 1.54) is 6.07 Å². The largest absolute Gasteiger partial charge is 0.309 e. The Hall–Kier alpha value is -0.850. The van der Waals surface area contributed by atoms with E-state index in [2.05, 4.69) is 27.2 Å². The maximum absolute atomic E-state index is 13.0. The molecular weight excluding hydrogens is 257 g/mol. The summed E-state index contributed by atoms with van der Waals surface area (Å²) >= 11 is 3.16. The Kier molecular flexibility index (Phi) is 4.80. The molecule has 1 rings (SSSR count). The Morgan fingerprint density at radius 1 is 1.60 bits per heavy atom. The first-order chi connectivity index (χ1) is 7.19. The van der Waals surface area contributed by atoms with Crippen molar-refractivity contribution in [2.75, 3.05) is 6.54 Å². The monoisotopic (exact) mass is 269 g/mol. The van der Waals surface area contributed by atoms with Gasteiger partial charge in [-0.15, -0.1) is 12.3 Å². The number of hydrogen-bond donors (Lipinski definition) is 1. The van der Waals surface area contributed by atoms with Crippen LogP contribution in [0.15, 0.2) is 22.7 Å². The zero-order valence-corrected chi connectivity index (χ0v) is 10.1. The summed E-state index contributed by atoms with van der Waals surface area (Å²) < 4.78 is 13.5. The van der Waals surface area contributed by atoms with E-state index < -0.39 is 0 Å². The minimum absolute atomic E-state index is 0.0944. The van der Waals surface area contributed by atoms with Crippen LogP contribution in [0.5, 0.6) is 0 Å². The summed E-state index contributed by atoms with van der Waals surface area (Å²) in [7, 11) is 0. The molecule has 1 N–H and O–H groups in total. The lowest BCUT2D eigenvalue weighted by Gasteiger charge is -2.15. The summed E-state index contributed by atoms with van der Waals surface area (Å²) in [5.74, 6) is 2.36. The molecule has 0 aliphatic carbocycles. The highest BCUT2D eigenvalue weighted by Gasteiger charge is 2.10. The topological polar surface area (TPSA) is 12.0 Å². The van der Waals surface area contributed by atoms with Gasteiger partial charge in [-0.2, -0.15) is 0 Å². The van der Waals surface area contributed by atoms with E-state index in [1.807, 2.05) is 6.92 Å². The van der Waals surface area contributed by atoms with Crippen LogP contribution in [0.25, 0.3) is 0 Å². The van der Waals surface area contributed by atoms with Crippen LogP contribution in [0.4, 0.5) is 4.39 Å². The van der Waals surface area contributed by atoms with Gasteiger partial charge in [0.2, 0.25) is 0 Å². The first-order valence-electron chi connectivity index (χ1n) is 4.80. The number of benzene rings is 1. The molecule has 80 valence electrons. The van der Waals surface area contributed by atoms with Crippen molar-refractivity contribution in [2.24, 2.45) is 0 Å². The first kappa shape index (κ1) is 12.2. The molecule has 0 heterocycles. The van der Waals surface area contributed by atoms with E-state index in [-0.39, 0.29) is 11.9 Å². The van der Waals surface area contributed by atoms with Crippen LogP contribution in [0, 0.1) is 18.2 Å². The van der Waals surface area contributed by atoms with E-state index in [1.54, 1.807) is 12.1 Å². The van der Waals surface area contributed by atoms with Crippen molar-refractivity contribution in [1.29, 1.82) is 0 Å². The Balaban J connectivity index is 2.91. The molecule has 0 aliphatic heterocycles. The maximum Gasteiger partial charge on any atom is 0.137 e. The molecule has 1 aromatic carbocycles. The quantitative estimate of drug-likeness (QED) is 0.828. The lowest BCUT2D eigenvalue weighted by Crippen LogP contribution is -2.20. The SMILES string of the molecule is C#CCC(NCC)c1ccc(F)c(Br)c1. The first-order valence-corrected chi connectivity index (χ1v) is 5.60. The minimum Gasteiger partial charge on any atom is -0.309 e. The predicted molar refractivity (Wildman–Crippen MR) is 64.0 cm³/mol. The molecule has 3 heteroatoms. The molecule has 1 unspecified atom stereocenters. The van der Waals surface area contributed by atoms with Crippen LogP contribution < -0.4 is 5.32 Å². The summed E-state index contributed by atoms with van der Waals surface area (Å²) in [4.78, 5) is 0. The van der Waals surface area contributed by atoms with Crippen LogP contribution >= 0.6 is 15.9 Å². The summed E-state index contributed by atoms with van der Waals surface area (Å²) in [6, 6.07) is 5.06. The van der Waals surface area contributed by atoms with Gasteiger partial charge in [0.05, 0.1) is 4.47 Å². The summed E-state index contributed by atoms with van der Waals surface area (Å²) in [6.45, 7) is 2.85. The molecule has 0 radical (unpaired) electrons. The van der Waals surface area contributed by atoms with E-state index in [0.717, 1.165) is 12.1 Å². The van der Waals surface area contributed by atoms with E-state index >= 15 is 0 Å². The maximum atomic E-state index is 13.0. The van der Waals surface area contributed by atoms with Crippen molar-refractivity contribution in [1.82, 2.24) is 5.32 Å². The van der Waals surface area contributed by atoms with Gasteiger partial charge in [0.1, 0.15) is 5.82 Å². The van der Waals surface area contributed by atoms with Gasteiger partial charge in [0.15, 0.2) is 0 Å². The second kappa shape index (κ2) is 5.89. The molecule has 0 amide bonds. The van der Waals surface area contributed by atoms with Gasteiger partial charge in [-0.1, -0.05) is 13.0 Å².